The fraction of sp³-hybridized carbons (Fsp3) is 0.125. The Bertz CT molecular complexity index is 1930. The van der Waals surface area contributed by atoms with E-state index in [1.165, 1.54) is 43.5 Å². The Kier molecular flexibility index (Phi) is 14.6. The van der Waals surface area contributed by atoms with Gasteiger partial charge in [0.2, 0.25) is 0 Å². The molecule has 0 aliphatic carbocycles. The van der Waals surface area contributed by atoms with Crippen molar-refractivity contribution in [1.29, 1.82) is 0 Å². The second kappa shape index (κ2) is 17.8. The summed E-state index contributed by atoms with van der Waals surface area (Å²) in [5.41, 5.74) is 0.776. The molecule has 1 atom stereocenters. The minimum absolute atomic E-state index is 0.0439. The zero-order valence-corrected chi connectivity index (χ0v) is 37.4. The zero-order chi connectivity index (χ0) is 35.3. The van der Waals surface area contributed by atoms with Crippen LogP contribution in [-0.4, -0.2) is 48.8 Å². The number of phenolic OH excluding ortho intramolecular Hbond substituents is 1. The molecule has 1 unspecified atom stereocenters. The van der Waals surface area contributed by atoms with Crippen LogP contribution in [0, 0.1) is 21.4 Å². The number of carbonyl (C=O) groups is 4. The van der Waals surface area contributed by atoms with E-state index in [1.54, 1.807) is 19.1 Å². The van der Waals surface area contributed by atoms with Crippen LogP contribution in [0.15, 0.2) is 60.7 Å². The number of ether oxygens (including phenoxy) is 5. The second-order valence-corrected chi connectivity index (χ2v) is 16.4. The molecule has 16 heteroatoms. The summed E-state index contributed by atoms with van der Waals surface area (Å²) in [6.45, 7) is 1.43. The monoisotopic (exact) mass is 1330 g/mol. The third-order valence-electron chi connectivity index (χ3n) is 6.14. The third-order valence-corrected chi connectivity index (χ3v) is 14.0. The topological polar surface area (TPSA) is 135 Å². The van der Waals surface area contributed by atoms with Gasteiger partial charge >= 0.3 is 23.9 Å². The molecular weight excluding hydrogens is 1310 g/mol. The minimum Gasteiger partial charge on any atom is -0.508 e. The first-order valence-corrected chi connectivity index (χ1v) is 19.8. The smallest absolute Gasteiger partial charge is 0.345 e. The lowest BCUT2D eigenvalue weighted by molar-refractivity contribution is 0.0226. The number of methoxy groups -OCH3 is 1. The van der Waals surface area contributed by atoms with E-state index >= 15 is 0 Å². The molecule has 0 spiro atoms. The normalized spacial score (nSPS) is 11.3. The van der Waals surface area contributed by atoms with Gasteiger partial charge in [0.05, 0.1) is 29.4 Å². The van der Waals surface area contributed by atoms with Crippen LogP contribution in [0.5, 0.6) is 23.0 Å². The van der Waals surface area contributed by atoms with Crippen LogP contribution in [0.25, 0.3) is 0 Å². The van der Waals surface area contributed by atoms with Crippen LogP contribution >= 0.6 is 136 Å². The molecule has 4 aromatic rings. The molecule has 0 fully saturated rings. The van der Waals surface area contributed by atoms with Crippen molar-refractivity contribution < 1.29 is 48.0 Å². The Morgan fingerprint density at radius 1 is 0.625 bits per heavy atom. The lowest BCUT2D eigenvalue weighted by Crippen LogP contribution is -2.22. The molecule has 0 heterocycles. The number of aromatic hydroxyl groups is 1. The molecule has 250 valence electrons. The van der Waals surface area contributed by atoms with Gasteiger partial charge in [0, 0.05) is 33.6 Å². The predicted molar refractivity (Wildman–Crippen MR) is 225 cm³/mol. The van der Waals surface area contributed by atoms with E-state index in [4.69, 9.17) is 23.7 Å². The van der Waals surface area contributed by atoms with Gasteiger partial charge in [-0.3, -0.25) is 0 Å². The van der Waals surface area contributed by atoms with Crippen molar-refractivity contribution in [2.24, 2.45) is 0 Å². The average molecular weight is 1330 g/mol. The lowest BCUT2D eigenvalue weighted by Gasteiger charge is -2.16. The van der Waals surface area contributed by atoms with Gasteiger partial charge in [0.15, 0.2) is 0 Å². The van der Waals surface area contributed by atoms with Crippen molar-refractivity contribution in [3.05, 3.63) is 104 Å². The second-order valence-electron chi connectivity index (χ2n) is 9.64. The molecule has 0 bridgehead atoms. The molecule has 4 aromatic carbocycles. The summed E-state index contributed by atoms with van der Waals surface area (Å²) < 4.78 is 31.9. The van der Waals surface area contributed by atoms with E-state index in [0.29, 0.717) is 18.3 Å². The first kappa shape index (κ1) is 39.5. The number of carbonyl (C=O) groups excluding carboxylic acids is 4. The van der Waals surface area contributed by atoms with Crippen LogP contribution in [0.4, 0.5) is 0 Å². The quantitative estimate of drug-likeness (QED) is 0.0711. The Morgan fingerprint density at radius 2 is 1.08 bits per heavy atom. The molecule has 0 aliphatic heterocycles. The minimum atomic E-state index is -0.817. The Morgan fingerprint density at radius 3 is 1.60 bits per heavy atom. The molecule has 0 saturated carbocycles. The summed E-state index contributed by atoms with van der Waals surface area (Å²) >= 11 is 12.5. The molecule has 0 aliphatic rings. The maximum atomic E-state index is 13.1. The summed E-state index contributed by atoms with van der Waals surface area (Å²) in [4.78, 5) is 51.5. The summed E-state index contributed by atoms with van der Waals surface area (Å²) in [6, 6.07) is 15.3. The van der Waals surface area contributed by atoms with Crippen molar-refractivity contribution in [2.45, 2.75) is 13.0 Å². The van der Waals surface area contributed by atoms with Crippen LogP contribution < -0.4 is 14.2 Å². The lowest BCUT2D eigenvalue weighted by atomic mass is 10.2. The number of halogens is 6. The van der Waals surface area contributed by atoms with Crippen molar-refractivity contribution in [3.8, 4) is 23.0 Å². The summed E-state index contributed by atoms with van der Waals surface area (Å²) in [7, 11) is 1.22. The summed E-state index contributed by atoms with van der Waals surface area (Å²) in [5, 5.41) is 10.3. The largest absolute Gasteiger partial charge is 0.508 e. The molecule has 48 heavy (non-hydrogen) atoms. The Labute approximate surface area is 356 Å². The van der Waals surface area contributed by atoms with E-state index in [-0.39, 0.29) is 40.7 Å². The Balaban J connectivity index is 1.46. The van der Waals surface area contributed by atoms with Gasteiger partial charge in [-0.25, -0.2) is 19.2 Å². The van der Waals surface area contributed by atoms with Crippen molar-refractivity contribution >= 4 is 159 Å². The zero-order valence-electron chi connectivity index (χ0n) is 24.4. The fourth-order valence-electron chi connectivity index (χ4n) is 3.95. The number of hydrogen-bond acceptors (Lipinski definition) is 10. The molecule has 0 aromatic heterocycles. The van der Waals surface area contributed by atoms with Gasteiger partial charge in [-0.05, 0) is 191 Å². The standard InChI is InChI=1S/C32H20I6O10/c1-14(46-30(41)15-7-17(39)11-19(9-15)47-31(42)25-21(33)3-5-23(35)27(25)37)13-45-18-8-16(29(40)44-2)10-20(12-18)48-32(43)26-22(34)4-6-24(36)28(26)38/h3-12,14,39H,13H2,1-2H3. The van der Waals surface area contributed by atoms with E-state index in [2.05, 4.69) is 113 Å². The number of benzene rings is 4. The number of esters is 4. The van der Waals surface area contributed by atoms with Crippen LogP contribution in [0.1, 0.15) is 48.4 Å². The number of phenols is 1. The van der Waals surface area contributed by atoms with Crippen LogP contribution in [0.3, 0.4) is 0 Å². The number of hydrogen-bond donors (Lipinski definition) is 1. The predicted octanol–water partition coefficient (Wildman–Crippen LogP) is 8.87. The van der Waals surface area contributed by atoms with Gasteiger partial charge < -0.3 is 28.8 Å². The van der Waals surface area contributed by atoms with Gasteiger partial charge in [-0.2, -0.15) is 0 Å². The van der Waals surface area contributed by atoms with Crippen molar-refractivity contribution in [1.82, 2.24) is 0 Å². The molecule has 1 N–H and O–H groups in total. The maximum absolute atomic E-state index is 13.1. The molecule has 10 nitrogen and oxygen atoms in total. The third kappa shape index (κ3) is 10.2. The van der Waals surface area contributed by atoms with Gasteiger partial charge in [0.1, 0.15) is 35.7 Å². The highest BCUT2D eigenvalue weighted by Crippen LogP contribution is 2.30. The average Bonchev–Trinajstić information content (AvgIpc) is 3.03. The van der Waals surface area contributed by atoms with Crippen LogP contribution in [-0.2, 0) is 9.47 Å². The van der Waals surface area contributed by atoms with E-state index in [0.717, 1.165) is 14.3 Å². The molecule has 0 radical (unpaired) electrons. The maximum Gasteiger partial charge on any atom is 0.345 e. The van der Waals surface area contributed by atoms with Gasteiger partial charge in [-0.1, -0.05) is 0 Å². The highest BCUT2D eigenvalue weighted by atomic mass is 127. The molecule has 4 rings (SSSR count). The molecule has 0 saturated heterocycles. The van der Waals surface area contributed by atoms with Gasteiger partial charge in [-0.15, -0.1) is 0 Å². The summed E-state index contributed by atoms with van der Waals surface area (Å²) in [6.07, 6.45) is -0.817. The number of rotatable bonds is 10. The van der Waals surface area contributed by atoms with Crippen LogP contribution in [0.2, 0.25) is 0 Å². The molecule has 0 amide bonds. The highest BCUT2D eigenvalue weighted by Gasteiger charge is 2.23. The molecular formula is C32H20I6O10. The van der Waals surface area contributed by atoms with Gasteiger partial charge in [0.25, 0.3) is 0 Å². The van der Waals surface area contributed by atoms with Crippen molar-refractivity contribution in [3.63, 3.8) is 0 Å². The summed E-state index contributed by atoms with van der Waals surface area (Å²) in [5.74, 6) is -2.89. The first-order chi connectivity index (χ1) is 22.7. The first-order valence-electron chi connectivity index (χ1n) is 13.3. The Hall–Kier alpha value is -1.26. The SMILES string of the molecule is COC(=O)c1cc(OCC(C)OC(=O)c2cc(O)cc(OC(=O)c3c(I)ccc(I)c3I)c2)cc(OC(=O)c2c(I)ccc(I)c2I)c1. The van der Waals surface area contributed by atoms with E-state index in [9.17, 15) is 24.3 Å². The van der Waals surface area contributed by atoms with E-state index < -0.39 is 30.0 Å². The van der Waals surface area contributed by atoms with E-state index in [1.807, 2.05) is 34.7 Å². The fourth-order valence-corrected chi connectivity index (χ4v) is 8.60. The highest BCUT2D eigenvalue weighted by molar-refractivity contribution is 14.1. The van der Waals surface area contributed by atoms with Crippen molar-refractivity contribution in [2.75, 3.05) is 13.7 Å².